The number of nitrogens with zero attached hydrogens (tertiary/aromatic N) is 3. The van der Waals surface area contributed by atoms with Gasteiger partial charge in [0.1, 0.15) is 11.4 Å². The van der Waals surface area contributed by atoms with Crippen LogP contribution in [0.2, 0.25) is 0 Å². The van der Waals surface area contributed by atoms with Crippen molar-refractivity contribution in [1.29, 1.82) is 0 Å². The quantitative estimate of drug-likeness (QED) is 0.710. The van der Waals surface area contributed by atoms with Crippen molar-refractivity contribution in [2.45, 2.75) is 59.4 Å². The zero-order chi connectivity index (χ0) is 20.4. The molecule has 150 valence electrons. The molecular formula is C22H29N3O3. The summed E-state index contributed by atoms with van der Waals surface area (Å²) in [6.45, 7) is 7.97. The van der Waals surface area contributed by atoms with Gasteiger partial charge in [-0.2, -0.15) is 4.98 Å². The number of carbonyl (C=O) groups is 1. The van der Waals surface area contributed by atoms with Gasteiger partial charge in [-0.25, -0.2) is 4.98 Å². The van der Waals surface area contributed by atoms with Crippen molar-refractivity contribution in [3.8, 4) is 23.0 Å². The van der Waals surface area contributed by atoms with E-state index in [4.69, 9.17) is 14.5 Å². The van der Waals surface area contributed by atoms with E-state index < -0.39 is 0 Å². The Bertz CT molecular complexity index is 891. The maximum Gasteiger partial charge on any atom is 0.241 e. The predicted octanol–water partition coefficient (Wildman–Crippen LogP) is 4.38. The molecule has 2 aromatic rings. The number of aryl methyl sites for hydroxylation is 3. The fraction of sp³-hybridized carbons (Fsp3) is 0.500. The Balaban J connectivity index is 2.14. The van der Waals surface area contributed by atoms with Gasteiger partial charge in [-0.05, 0) is 57.2 Å². The van der Waals surface area contributed by atoms with Crippen molar-refractivity contribution < 1.29 is 14.3 Å². The molecule has 0 saturated heterocycles. The first-order valence-electron chi connectivity index (χ1n) is 9.81. The smallest absolute Gasteiger partial charge is 0.241 e. The van der Waals surface area contributed by atoms with E-state index in [9.17, 15) is 4.79 Å². The molecule has 1 aromatic heterocycles. The largest absolute Gasteiger partial charge is 0.496 e. The average molecular weight is 383 g/mol. The summed E-state index contributed by atoms with van der Waals surface area (Å²) in [7, 11) is 3.23. The molecular weight excluding hydrogens is 354 g/mol. The molecule has 28 heavy (non-hydrogen) atoms. The van der Waals surface area contributed by atoms with E-state index in [1.165, 1.54) is 0 Å². The molecule has 1 amide bonds. The topological polar surface area (TPSA) is 64.6 Å². The fourth-order valence-electron chi connectivity index (χ4n) is 3.63. The van der Waals surface area contributed by atoms with E-state index in [1.807, 2.05) is 38.7 Å². The van der Waals surface area contributed by atoms with Crippen LogP contribution >= 0.6 is 0 Å². The van der Waals surface area contributed by atoms with Crippen LogP contribution in [0.15, 0.2) is 12.1 Å². The van der Waals surface area contributed by atoms with Gasteiger partial charge in [0.25, 0.3) is 0 Å². The lowest BCUT2D eigenvalue weighted by atomic mass is 10.0. The molecule has 0 unspecified atom stereocenters. The number of aromatic nitrogens is 2. The second-order valence-corrected chi connectivity index (χ2v) is 7.39. The molecule has 0 bridgehead atoms. The van der Waals surface area contributed by atoms with Crippen LogP contribution in [0.5, 0.6) is 11.6 Å². The van der Waals surface area contributed by atoms with E-state index >= 15 is 0 Å². The highest BCUT2D eigenvalue weighted by atomic mass is 16.5. The van der Waals surface area contributed by atoms with Crippen LogP contribution in [0, 0.1) is 20.8 Å². The molecule has 1 aliphatic carbocycles. The third-order valence-corrected chi connectivity index (χ3v) is 4.99. The van der Waals surface area contributed by atoms with Gasteiger partial charge >= 0.3 is 0 Å². The number of hydrogen-bond donors (Lipinski definition) is 0. The Morgan fingerprint density at radius 1 is 1.14 bits per heavy atom. The second-order valence-electron chi connectivity index (χ2n) is 7.39. The minimum absolute atomic E-state index is 0.104. The third kappa shape index (κ3) is 3.81. The summed E-state index contributed by atoms with van der Waals surface area (Å²) < 4.78 is 11.2. The van der Waals surface area contributed by atoms with Crippen LogP contribution in [0.25, 0.3) is 11.4 Å². The van der Waals surface area contributed by atoms with Crippen molar-refractivity contribution in [1.82, 2.24) is 9.97 Å². The molecule has 1 saturated carbocycles. The molecule has 1 aromatic carbocycles. The summed E-state index contributed by atoms with van der Waals surface area (Å²) in [5.41, 5.74) is 4.42. The monoisotopic (exact) mass is 383 g/mol. The van der Waals surface area contributed by atoms with Crippen LogP contribution in [0.4, 0.5) is 5.69 Å². The number of hydrogen-bond acceptors (Lipinski definition) is 5. The molecule has 3 rings (SSSR count). The van der Waals surface area contributed by atoms with Gasteiger partial charge in [0, 0.05) is 12.5 Å². The molecule has 1 fully saturated rings. The van der Waals surface area contributed by atoms with Crippen molar-refractivity contribution in [3.05, 3.63) is 29.0 Å². The van der Waals surface area contributed by atoms with Crippen LogP contribution in [0.1, 0.15) is 49.4 Å². The van der Waals surface area contributed by atoms with E-state index in [0.717, 1.165) is 47.4 Å². The molecule has 1 heterocycles. The normalized spacial score (nSPS) is 13.4. The molecule has 0 N–H and O–H groups in total. The first-order chi connectivity index (χ1) is 13.4. The number of amides is 1. The van der Waals surface area contributed by atoms with Crippen LogP contribution < -0.4 is 14.4 Å². The second kappa shape index (κ2) is 8.17. The number of anilines is 1. The molecule has 0 spiro atoms. The lowest BCUT2D eigenvalue weighted by Crippen LogP contribution is -2.34. The summed E-state index contributed by atoms with van der Waals surface area (Å²) in [6, 6.07) is 4.28. The Morgan fingerprint density at radius 2 is 1.86 bits per heavy atom. The maximum atomic E-state index is 12.8. The van der Waals surface area contributed by atoms with Crippen LogP contribution in [0.3, 0.4) is 0 Å². The Labute approximate surface area is 166 Å². The number of benzene rings is 1. The van der Waals surface area contributed by atoms with Crippen molar-refractivity contribution in [2.24, 2.45) is 0 Å². The van der Waals surface area contributed by atoms with Crippen LogP contribution in [-0.2, 0) is 4.79 Å². The molecule has 6 nitrogen and oxygen atoms in total. The number of ether oxygens (including phenoxy) is 2. The van der Waals surface area contributed by atoms with Gasteiger partial charge in [-0.3, -0.25) is 4.79 Å². The summed E-state index contributed by atoms with van der Waals surface area (Å²) in [4.78, 5) is 24.1. The molecule has 0 aliphatic heterocycles. The van der Waals surface area contributed by atoms with Gasteiger partial charge in [0.15, 0.2) is 5.82 Å². The minimum Gasteiger partial charge on any atom is -0.496 e. The third-order valence-electron chi connectivity index (χ3n) is 4.99. The zero-order valence-corrected chi connectivity index (χ0v) is 17.6. The number of rotatable bonds is 7. The van der Waals surface area contributed by atoms with Gasteiger partial charge < -0.3 is 14.4 Å². The molecule has 1 aliphatic rings. The zero-order valence-electron chi connectivity index (χ0n) is 17.6. The van der Waals surface area contributed by atoms with Crippen molar-refractivity contribution in [2.75, 3.05) is 19.1 Å². The SMILES string of the molecule is CCCC(=O)N(c1c(C)nc(-c2c(C)cc(C)cc2OC)nc1OC)C1CC1. The average Bonchev–Trinajstić information content (AvgIpc) is 3.47. The first-order valence-corrected chi connectivity index (χ1v) is 9.81. The highest BCUT2D eigenvalue weighted by Crippen LogP contribution is 2.41. The van der Waals surface area contributed by atoms with Crippen LogP contribution in [-0.4, -0.2) is 36.1 Å². The Hall–Kier alpha value is -2.63. The highest BCUT2D eigenvalue weighted by molar-refractivity contribution is 5.96. The summed E-state index contributed by atoms with van der Waals surface area (Å²) in [6.07, 6.45) is 3.32. The summed E-state index contributed by atoms with van der Waals surface area (Å²) >= 11 is 0. The molecule has 0 radical (unpaired) electrons. The van der Waals surface area contributed by atoms with Gasteiger partial charge in [-0.1, -0.05) is 13.0 Å². The summed E-state index contributed by atoms with van der Waals surface area (Å²) in [5, 5.41) is 0. The first kappa shape index (κ1) is 20.1. The van der Waals surface area contributed by atoms with E-state index in [0.29, 0.717) is 23.8 Å². The maximum absolute atomic E-state index is 12.8. The Kier molecular flexibility index (Phi) is 5.87. The number of methoxy groups -OCH3 is 2. The highest BCUT2D eigenvalue weighted by Gasteiger charge is 2.37. The number of carbonyl (C=O) groups excluding carboxylic acids is 1. The Morgan fingerprint density at radius 3 is 2.43 bits per heavy atom. The van der Waals surface area contributed by atoms with E-state index in [2.05, 4.69) is 11.1 Å². The summed E-state index contributed by atoms with van der Waals surface area (Å²) in [5.74, 6) is 1.81. The van der Waals surface area contributed by atoms with Gasteiger partial charge in [-0.15, -0.1) is 0 Å². The minimum atomic E-state index is 0.104. The van der Waals surface area contributed by atoms with Crippen molar-refractivity contribution in [3.63, 3.8) is 0 Å². The molecule has 0 atom stereocenters. The standard InChI is InChI=1S/C22H29N3O3/c1-7-8-18(26)25(16-9-10-16)20-15(4)23-21(24-22(20)28-6)19-14(3)11-13(2)12-17(19)27-5/h11-12,16H,7-10H2,1-6H3. The van der Waals surface area contributed by atoms with Gasteiger partial charge in [0.2, 0.25) is 11.8 Å². The van der Waals surface area contributed by atoms with E-state index in [1.54, 1.807) is 14.2 Å². The lowest BCUT2D eigenvalue weighted by molar-refractivity contribution is -0.118. The lowest BCUT2D eigenvalue weighted by Gasteiger charge is -2.26. The molecule has 6 heteroatoms. The van der Waals surface area contributed by atoms with Crippen molar-refractivity contribution >= 4 is 11.6 Å². The predicted molar refractivity (Wildman–Crippen MR) is 110 cm³/mol. The fourth-order valence-corrected chi connectivity index (χ4v) is 3.63. The van der Waals surface area contributed by atoms with E-state index in [-0.39, 0.29) is 11.9 Å². The van der Waals surface area contributed by atoms with Gasteiger partial charge in [0.05, 0.1) is 25.5 Å².